The molecule has 1 amide bonds. The van der Waals surface area contributed by atoms with Gasteiger partial charge in [-0.25, -0.2) is 9.97 Å². The molecule has 0 unspecified atom stereocenters. The smallest absolute Gasteiger partial charge is 0.246 e. The number of nitrogens with zero attached hydrogens (tertiary/aromatic N) is 5. The summed E-state index contributed by atoms with van der Waals surface area (Å²) in [5.41, 5.74) is 10.5. The molecule has 0 spiro atoms. The Labute approximate surface area is 235 Å². The maximum atomic E-state index is 12.8. The number of fused-ring (bicyclic) bond motifs is 1. The highest BCUT2D eigenvalue weighted by Gasteiger charge is 2.29. The molecule has 1 aliphatic heterocycles. The fourth-order valence-corrected chi connectivity index (χ4v) is 5.82. The number of ether oxygens (including phenoxy) is 1. The van der Waals surface area contributed by atoms with Gasteiger partial charge in [0.2, 0.25) is 5.91 Å². The SMILES string of the molecule is Cc1c(-c2ccc(Oc3ccccc3)cc2)c2c(N)ncnc2n1C1CCN(C(=O)/C=C/CN(C)C2CC2)CC1. The van der Waals surface area contributed by atoms with E-state index in [-0.39, 0.29) is 11.9 Å². The Balaban J connectivity index is 1.21. The lowest BCUT2D eigenvalue weighted by atomic mass is 10.0. The molecule has 2 fully saturated rings. The van der Waals surface area contributed by atoms with Gasteiger partial charge in [0.25, 0.3) is 0 Å². The third-order valence-corrected chi connectivity index (χ3v) is 8.15. The Bertz CT molecular complexity index is 1520. The Morgan fingerprint density at radius 3 is 2.42 bits per heavy atom. The van der Waals surface area contributed by atoms with Crippen LogP contribution in [0.1, 0.15) is 37.4 Å². The lowest BCUT2D eigenvalue weighted by Crippen LogP contribution is -2.38. The van der Waals surface area contributed by atoms with Gasteiger partial charge in [0.15, 0.2) is 0 Å². The monoisotopic (exact) mass is 536 g/mol. The molecule has 8 heteroatoms. The van der Waals surface area contributed by atoms with Crippen LogP contribution >= 0.6 is 0 Å². The number of nitrogen functional groups attached to an aromatic ring is 1. The molecule has 40 heavy (non-hydrogen) atoms. The van der Waals surface area contributed by atoms with Crippen molar-refractivity contribution in [3.8, 4) is 22.6 Å². The van der Waals surface area contributed by atoms with Crippen LogP contribution in [-0.2, 0) is 4.79 Å². The molecular formula is C32H36N6O2. The van der Waals surface area contributed by atoms with Gasteiger partial charge in [0.05, 0.1) is 5.39 Å². The van der Waals surface area contributed by atoms with E-state index >= 15 is 0 Å². The fraction of sp³-hybridized carbons (Fsp3) is 0.344. The number of anilines is 1. The first-order valence-electron chi connectivity index (χ1n) is 14.1. The molecule has 2 aromatic heterocycles. The van der Waals surface area contributed by atoms with Gasteiger partial charge in [-0.1, -0.05) is 36.4 Å². The van der Waals surface area contributed by atoms with E-state index in [2.05, 4.69) is 45.5 Å². The molecule has 4 aromatic rings. The molecule has 1 aliphatic carbocycles. The molecule has 2 aliphatic rings. The number of likely N-dealkylation sites (tertiary alicyclic amines) is 1. The predicted octanol–water partition coefficient (Wildman–Crippen LogP) is 5.60. The van der Waals surface area contributed by atoms with E-state index in [9.17, 15) is 4.79 Å². The summed E-state index contributed by atoms with van der Waals surface area (Å²) in [4.78, 5) is 26.1. The second kappa shape index (κ2) is 11.1. The second-order valence-electron chi connectivity index (χ2n) is 10.9. The molecule has 0 atom stereocenters. The average molecular weight is 537 g/mol. The van der Waals surface area contributed by atoms with Crippen molar-refractivity contribution in [1.29, 1.82) is 0 Å². The number of piperidine rings is 1. The molecule has 1 saturated heterocycles. The maximum Gasteiger partial charge on any atom is 0.246 e. The van der Waals surface area contributed by atoms with Gasteiger partial charge in [-0.15, -0.1) is 0 Å². The van der Waals surface area contributed by atoms with Crippen molar-refractivity contribution < 1.29 is 9.53 Å². The number of likely N-dealkylation sites (N-methyl/N-ethyl adjacent to an activating group) is 1. The van der Waals surface area contributed by atoms with E-state index in [1.165, 1.54) is 19.2 Å². The summed E-state index contributed by atoms with van der Waals surface area (Å²) in [7, 11) is 2.12. The third kappa shape index (κ3) is 5.31. The Morgan fingerprint density at radius 1 is 1.02 bits per heavy atom. The van der Waals surface area contributed by atoms with Crippen molar-refractivity contribution in [1.82, 2.24) is 24.3 Å². The predicted molar refractivity (Wildman–Crippen MR) is 158 cm³/mol. The van der Waals surface area contributed by atoms with E-state index in [1.54, 1.807) is 6.08 Å². The Kier molecular flexibility index (Phi) is 7.26. The minimum atomic E-state index is 0.0989. The molecule has 6 rings (SSSR count). The molecule has 1 saturated carbocycles. The number of carbonyl (C=O) groups excluding carboxylic acids is 1. The molecule has 8 nitrogen and oxygen atoms in total. The second-order valence-corrected chi connectivity index (χ2v) is 10.9. The zero-order valence-corrected chi connectivity index (χ0v) is 23.2. The largest absolute Gasteiger partial charge is 0.457 e. The molecule has 0 radical (unpaired) electrons. The minimum absolute atomic E-state index is 0.0989. The van der Waals surface area contributed by atoms with Crippen molar-refractivity contribution in [3.05, 3.63) is 78.8 Å². The average Bonchev–Trinajstić information content (AvgIpc) is 3.78. The highest BCUT2D eigenvalue weighted by Crippen LogP contribution is 2.40. The van der Waals surface area contributed by atoms with Crippen molar-refractivity contribution >= 4 is 22.8 Å². The highest BCUT2D eigenvalue weighted by atomic mass is 16.5. The zero-order chi connectivity index (χ0) is 27.6. The topological polar surface area (TPSA) is 89.5 Å². The molecule has 206 valence electrons. The van der Waals surface area contributed by atoms with E-state index < -0.39 is 0 Å². The number of amides is 1. The van der Waals surface area contributed by atoms with Crippen LogP contribution in [0.5, 0.6) is 11.5 Å². The summed E-state index contributed by atoms with van der Waals surface area (Å²) in [6, 6.07) is 18.7. The van der Waals surface area contributed by atoms with Crippen LogP contribution in [0.4, 0.5) is 5.82 Å². The molecule has 2 aromatic carbocycles. The van der Waals surface area contributed by atoms with Crippen LogP contribution in [0.25, 0.3) is 22.2 Å². The lowest BCUT2D eigenvalue weighted by molar-refractivity contribution is -0.127. The lowest BCUT2D eigenvalue weighted by Gasteiger charge is -2.33. The van der Waals surface area contributed by atoms with Crippen LogP contribution in [0.2, 0.25) is 0 Å². The van der Waals surface area contributed by atoms with Crippen LogP contribution in [0.3, 0.4) is 0 Å². The molecule has 3 heterocycles. The number of para-hydroxylation sites is 1. The number of aromatic nitrogens is 3. The Morgan fingerprint density at radius 2 is 1.73 bits per heavy atom. The summed E-state index contributed by atoms with van der Waals surface area (Å²) in [6.45, 7) is 4.38. The highest BCUT2D eigenvalue weighted by molar-refractivity contribution is 6.02. The first kappa shape index (κ1) is 26.1. The van der Waals surface area contributed by atoms with Crippen molar-refractivity contribution in [2.45, 2.75) is 44.7 Å². The van der Waals surface area contributed by atoms with Crippen molar-refractivity contribution in [2.75, 3.05) is 32.4 Å². The van der Waals surface area contributed by atoms with Crippen LogP contribution in [0, 0.1) is 6.92 Å². The maximum absolute atomic E-state index is 12.8. The van der Waals surface area contributed by atoms with Crippen LogP contribution in [-0.4, -0.2) is 63.0 Å². The van der Waals surface area contributed by atoms with Gasteiger partial charge < -0.3 is 19.9 Å². The third-order valence-electron chi connectivity index (χ3n) is 8.15. The summed E-state index contributed by atoms with van der Waals surface area (Å²) in [5, 5.41) is 0.873. The van der Waals surface area contributed by atoms with Gasteiger partial charge in [-0.05, 0) is 69.5 Å². The van der Waals surface area contributed by atoms with E-state index in [0.29, 0.717) is 24.9 Å². The van der Waals surface area contributed by atoms with Crippen molar-refractivity contribution in [3.63, 3.8) is 0 Å². The van der Waals surface area contributed by atoms with E-state index in [4.69, 9.17) is 10.5 Å². The van der Waals surface area contributed by atoms with E-state index in [1.807, 2.05) is 53.4 Å². The minimum Gasteiger partial charge on any atom is -0.457 e. The summed E-state index contributed by atoms with van der Waals surface area (Å²) in [5.74, 6) is 2.14. The van der Waals surface area contributed by atoms with E-state index in [0.717, 1.165) is 58.7 Å². The number of nitrogens with two attached hydrogens (primary N) is 1. The number of hydrogen-bond acceptors (Lipinski definition) is 6. The molecule has 0 bridgehead atoms. The van der Waals surface area contributed by atoms with Gasteiger partial charge in [-0.2, -0.15) is 0 Å². The van der Waals surface area contributed by atoms with Gasteiger partial charge in [0.1, 0.15) is 29.3 Å². The molecule has 2 N–H and O–H groups in total. The zero-order valence-electron chi connectivity index (χ0n) is 23.2. The molecular weight excluding hydrogens is 500 g/mol. The van der Waals surface area contributed by atoms with Gasteiger partial charge in [-0.3, -0.25) is 9.69 Å². The Hall–Kier alpha value is -4.17. The fourth-order valence-electron chi connectivity index (χ4n) is 5.82. The van der Waals surface area contributed by atoms with Crippen LogP contribution in [0.15, 0.2) is 73.1 Å². The van der Waals surface area contributed by atoms with Crippen molar-refractivity contribution in [2.24, 2.45) is 0 Å². The first-order valence-corrected chi connectivity index (χ1v) is 14.1. The van der Waals surface area contributed by atoms with Gasteiger partial charge in [0, 0.05) is 49.1 Å². The normalized spacial score (nSPS) is 16.3. The summed E-state index contributed by atoms with van der Waals surface area (Å²) < 4.78 is 8.30. The first-order chi connectivity index (χ1) is 19.5. The van der Waals surface area contributed by atoms with Crippen LogP contribution < -0.4 is 10.5 Å². The summed E-state index contributed by atoms with van der Waals surface area (Å²) >= 11 is 0. The number of rotatable bonds is 8. The van der Waals surface area contributed by atoms with Gasteiger partial charge >= 0.3 is 0 Å². The summed E-state index contributed by atoms with van der Waals surface area (Å²) in [6.07, 6.45) is 9.54. The number of hydrogen-bond donors (Lipinski definition) is 1. The standard InChI is InChI=1S/C32H36N6O2/c1-22-29(23-10-14-27(15-11-23)40-26-7-4-3-5-8-26)30-31(33)34-21-35-32(30)38(22)25-16-19-37(20-17-25)28(39)9-6-18-36(2)24-12-13-24/h3-11,14-15,21,24-25H,12-13,16-20H2,1-2H3,(H2,33,34,35)/b9-6+. The number of benzene rings is 2. The number of carbonyl (C=O) groups is 1. The quantitative estimate of drug-likeness (QED) is 0.295.